The number of nitrogens with two attached hydrogens (primary N) is 1. The Balaban J connectivity index is 2.15. The van der Waals surface area contributed by atoms with Gasteiger partial charge in [-0.15, -0.1) is 11.3 Å². The van der Waals surface area contributed by atoms with Gasteiger partial charge in [-0.25, -0.2) is 0 Å². The van der Waals surface area contributed by atoms with Crippen molar-refractivity contribution in [3.05, 3.63) is 44.4 Å². The molecule has 0 radical (unpaired) electrons. The van der Waals surface area contributed by atoms with Crippen molar-refractivity contribution in [1.29, 1.82) is 0 Å². The highest BCUT2D eigenvalue weighted by atomic mass is 79.9. The van der Waals surface area contributed by atoms with Gasteiger partial charge in [-0.2, -0.15) is 0 Å². The smallest absolute Gasteiger partial charge is 0.122 e. The maximum atomic E-state index is 6.13. The van der Waals surface area contributed by atoms with Crippen LogP contribution in [0.1, 0.15) is 29.4 Å². The predicted molar refractivity (Wildman–Crippen MR) is 83.3 cm³/mol. The molecule has 0 bridgehead atoms. The Morgan fingerprint density at radius 3 is 2.68 bits per heavy atom. The molecule has 0 aliphatic heterocycles. The van der Waals surface area contributed by atoms with Crippen molar-refractivity contribution < 1.29 is 4.42 Å². The summed E-state index contributed by atoms with van der Waals surface area (Å²) >= 11 is 5.23. The van der Waals surface area contributed by atoms with Crippen LogP contribution < -0.4 is 5.73 Å². The number of thiophene rings is 1. The molecule has 2 heterocycles. The van der Waals surface area contributed by atoms with Gasteiger partial charge in [-0.3, -0.25) is 4.90 Å². The van der Waals surface area contributed by atoms with E-state index in [0.717, 1.165) is 22.5 Å². The summed E-state index contributed by atoms with van der Waals surface area (Å²) in [6, 6.07) is 6.26. The molecule has 0 amide bonds. The van der Waals surface area contributed by atoms with Crippen molar-refractivity contribution in [2.24, 2.45) is 5.73 Å². The maximum absolute atomic E-state index is 6.13. The molecule has 0 spiro atoms. The third-order valence-corrected chi connectivity index (χ3v) is 4.73. The molecule has 3 nitrogen and oxygen atoms in total. The highest BCUT2D eigenvalue weighted by Gasteiger charge is 2.24. The lowest BCUT2D eigenvalue weighted by molar-refractivity contribution is 0.184. The van der Waals surface area contributed by atoms with E-state index in [1.807, 2.05) is 26.0 Å². The minimum absolute atomic E-state index is 0.0129. The Morgan fingerprint density at radius 1 is 1.47 bits per heavy atom. The Morgan fingerprint density at radius 2 is 2.21 bits per heavy atom. The van der Waals surface area contributed by atoms with Crippen molar-refractivity contribution in [2.75, 3.05) is 7.05 Å². The first-order chi connectivity index (χ1) is 8.97. The van der Waals surface area contributed by atoms with Gasteiger partial charge < -0.3 is 10.2 Å². The number of aryl methyl sites for hydroxylation is 1. The van der Waals surface area contributed by atoms with Gasteiger partial charge in [0.25, 0.3) is 0 Å². The Hall–Kier alpha value is -0.620. The zero-order valence-corrected chi connectivity index (χ0v) is 13.8. The number of likely N-dealkylation sites (N-methyl/N-ethyl adjacent to an activating group) is 1. The number of furan rings is 1. The van der Waals surface area contributed by atoms with Crippen molar-refractivity contribution in [1.82, 2.24) is 4.90 Å². The average Bonchev–Trinajstić information content (AvgIpc) is 2.88. The number of hydrogen-bond acceptors (Lipinski definition) is 4. The molecule has 5 heteroatoms. The summed E-state index contributed by atoms with van der Waals surface area (Å²) in [6.07, 6.45) is 0. The topological polar surface area (TPSA) is 42.4 Å². The van der Waals surface area contributed by atoms with Gasteiger partial charge in [0.05, 0.1) is 6.04 Å². The quantitative estimate of drug-likeness (QED) is 0.894. The maximum Gasteiger partial charge on any atom is 0.122 e. The van der Waals surface area contributed by atoms with Crippen LogP contribution in [0.15, 0.2) is 32.5 Å². The van der Waals surface area contributed by atoms with Gasteiger partial charge >= 0.3 is 0 Å². The fourth-order valence-electron chi connectivity index (χ4n) is 2.27. The van der Waals surface area contributed by atoms with Crippen LogP contribution in [0, 0.1) is 6.92 Å². The molecular weight excluding hydrogens is 324 g/mol. The van der Waals surface area contributed by atoms with E-state index in [9.17, 15) is 0 Å². The second kappa shape index (κ2) is 6.22. The van der Waals surface area contributed by atoms with E-state index in [1.54, 1.807) is 11.3 Å². The molecule has 0 fully saturated rings. The highest BCUT2D eigenvalue weighted by molar-refractivity contribution is 9.10. The minimum atomic E-state index is 0.0129. The number of rotatable bonds is 5. The van der Waals surface area contributed by atoms with Crippen molar-refractivity contribution >= 4 is 27.3 Å². The van der Waals surface area contributed by atoms with Crippen LogP contribution in [0.3, 0.4) is 0 Å². The molecule has 0 aliphatic rings. The number of nitrogens with zero attached hydrogens (tertiary/aromatic N) is 1. The summed E-state index contributed by atoms with van der Waals surface area (Å²) in [6.45, 7) is 4.84. The molecule has 2 aromatic rings. The van der Waals surface area contributed by atoms with Crippen LogP contribution in [0.25, 0.3) is 0 Å². The molecule has 2 N–H and O–H groups in total. The monoisotopic (exact) mass is 342 g/mol. The third-order valence-electron chi connectivity index (χ3n) is 3.05. The van der Waals surface area contributed by atoms with E-state index in [4.69, 9.17) is 10.2 Å². The normalized spacial score (nSPS) is 14.8. The van der Waals surface area contributed by atoms with Crippen LogP contribution in [0.4, 0.5) is 0 Å². The lowest BCUT2D eigenvalue weighted by Crippen LogP contribution is -2.36. The summed E-state index contributed by atoms with van der Waals surface area (Å²) in [5.41, 5.74) is 6.13. The van der Waals surface area contributed by atoms with Gasteiger partial charge in [-0.05, 0) is 55.0 Å². The summed E-state index contributed by atoms with van der Waals surface area (Å²) < 4.78 is 6.88. The van der Waals surface area contributed by atoms with Crippen LogP contribution >= 0.6 is 27.3 Å². The van der Waals surface area contributed by atoms with Gasteiger partial charge in [0.15, 0.2) is 0 Å². The van der Waals surface area contributed by atoms with Crippen LogP contribution in [-0.2, 0) is 6.54 Å². The largest absolute Gasteiger partial charge is 0.465 e. The lowest BCUT2D eigenvalue weighted by atomic mass is 10.1. The van der Waals surface area contributed by atoms with E-state index < -0.39 is 0 Å². The molecule has 2 rings (SSSR count). The summed E-state index contributed by atoms with van der Waals surface area (Å²) in [5.74, 6) is 1.86. The predicted octanol–water partition coefficient (Wildman–Crippen LogP) is 3.93. The molecule has 104 valence electrons. The van der Waals surface area contributed by atoms with Gasteiger partial charge in [0.2, 0.25) is 0 Å². The molecule has 0 aliphatic carbocycles. The van der Waals surface area contributed by atoms with E-state index >= 15 is 0 Å². The first kappa shape index (κ1) is 14.8. The third kappa shape index (κ3) is 3.69. The van der Waals surface area contributed by atoms with E-state index in [1.165, 1.54) is 4.88 Å². The van der Waals surface area contributed by atoms with E-state index in [2.05, 4.69) is 39.3 Å². The lowest BCUT2D eigenvalue weighted by Gasteiger charge is -2.29. The first-order valence-corrected chi connectivity index (χ1v) is 7.89. The highest BCUT2D eigenvalue weighted by Crippen LogP contribution is 2.28. The van der Waals surface area contributed by atoms with E-state index in [0.29, 0.717) is 0 Å². The molecule has 2 unspecified atom stereocenters. The number of hydrogen-bond donors (Lipinski definition) is 1. The molecule has 2 atom stereocenters. The fourth-order valence-corrected chi connectivity index (χ4v) is 3.78. The Bertz CT molecular complexity index is 535. The zero-order chi connectivity index (χ0) is 14.0. The summed E-state index contributed by atoms with van der Waals surface area (Å²) in [7, 11) is 2.08. The Kier molecular flexibility index (Phi) is 4.84. The Labute approximate surface area is 126 Å². The fraction of sp³-hybridized carbons (Fsp3) is 0.429. The van der Waals surface area contributed by atoms with Crippen LogP contribution in [0.2, 0.25) is 0 Å². The minimum Gasteiger partial charge on any atom is -0.465 e. The van der Waals surface area contributed by atoms with Crippen molar-refractivity contribution in [3.63, 3.8) is 0 Å². The molecule has 19 heavy (non-hydrogen) atoms. The van der Waals surface area contributed by atoms with Crippen LogP contribution in [0.5, 0.6) is 0 Å². The van der Waals surface area contributed by atoms with Crippen molar-refractivity contribution in [2.45, 2.75) is 32.5 Å². The van der Waals surface area contributed by atoms with Gasteiger partial charge in [0, 0.05) is 27.3 Å². The molecule has 0 aromatic carbocycles. The van der Waals surface area contributed by atoms with Gasteiger partial charge in [0.1, 0.15) is 11.5 Å². The molecular formula is C14H19BrN2OS. The first-order valence-electron chi connectivity index (χ1n) is 6.22. The number of halogens is 1. The second-order valence-electron chi connectivity index (χ2n) is 4.90. The average molecular weight is 343 g/mol. The van der Waals surface area contributed by atoms with Crippen LogP contribution in [-0.4, -0.2) is 18.0 Å². The van der Waals surface area contributed by atoms with Crippen molar-refractivity contribution in [3.8, 4) is 0 Å². The SMILES string of the molecule is Cc1ccc(C(C(C)N)N(C)Cc2cc(Br)cs2)o1. The van der Waals surface area contributed by atoms with E-state index in [-0.39, 0.29) is 12.1 Å². The molecule has 0 saturated heterocycles. The van der Waals surface area contributed by atoms with Gasteiger partial charge in [-0.1, -0.05) is 0 Å². The molecule has 2 aromatic heterocycles. The zero-order valence-electron chi connectivity index (χ0n) is 11.4. The summed E-state index contributed by atoms with van der Waals surface area (Å²) in [5, 5.41) is 2.10. The second-order valence-corrected chi connectivity index (χ2v) is 6.81. The summed E-state index contributed by atoms with van der Waals surface area (Å²) in [4.78, 5) is 3.55. The molecule has 0 saturated carbocycles. The standard InChI is InChI=1S/C14H19BrN2OS/c1-9-4-5-13(18-9)14(10(2)16)17(3)7-12-6-11(15)8-19-12/h4-6,8,10,14H,7,16H2,1-3H3.